The molecule has 7 heteroatoms. The first-order valence-corrected chi connectivity index (χ1v) is 10.7. The van der Waals surface area contributed by atoms with Crippen molar-refractivity contribution in [1.82, 2.24) is 14.9 Å². The quantitative estimate of drug-likeness (QED) is 0.592. The maximum absolute atomic E-state index is 13.7. The van der Waals surface area contributed by atoms with E-state index < -0.39 is 11.6 Å². The fraction of sp³-hybridized carbons (Fsp3) is 0.391. The Bertz CT molecular complexity index is 1100. The van der Waals surface area contributed by atoms with Crippen LogP contribution in [0.4, 0.5) is 8.78 Å². The Morgan fingerprint density at radius 2 is 1.87 bits per heavy atom. The molecule has 2 fully saturated rings. The number of nitrogens with one attached hydrogen (secondary N) is 1. The van der Waals surface area contributed by atoms with Gasteiger partial charge < -0.3 is 9.88 Å². The minimum atomic E-state index is -0.871. The van der Waals surface area contributed by atoms with Gasteiger partial charge in [0.2, 0.25) is 0 Å². The summed E-state index contributed by atoms with van der Waals surface area (Å²) in [6.45, 7) is 2.10. The number of aromatic nitrogens is 2. The first-order valence-electron chi connectivity index (χ1n) is 10.3. The third-order valence-electron chi connectivity index (χ3n) is 6.82. The van der Waals surface area contributed by atoms with Gasteiger partial charge in [-0.2, -0.15) is 0 Å². The molecule has 5 atom stereocenters. The van der Waals surface area contributed by atoms with Crippen LogP contribution in [0.15, 0.2) is 42.7 Å². The topological polar surface area (TPSA) is 46.9 Å². The lowest BCUT2D eigenvalue weighted by molar-refractivity contribution is 0.0927. The van der Waals surface area contributed by atoms with E-state index in [9.17, 15) is 13.6 Å². The Morgan fingerprint density at radius 1 is 1.20 bits per heavy atom. The first kappa shape index (κ1) is 19.5. The minimum Gasteiger partial charge on any atom is -0.349 e. The predicted octanol–water partition coefficient (Wildman–Crippen LogP) is 5.37. The Kier molecular flexibility index (Phi) is 4.77. The number of fused-ring (bicyclic) bond motifs is 2. The van der Waals surface area contributed by atoms with E-state index in [1.807, 2.05) is 4.57 Å². The second-order valence-electron chi connectivity index (χ2n) is 8.43. The number of imidazole rings is 1. The summed E-state index contributed by atoms with van der Waals surface area (Å²) >= 11 is 5.91. The van der Waals surface area contributed by atoms with Crippen LogP contribution in [0.1, 0.15) is 42.6 Å². The van der Waals surface area contributed by atoms with E-state index in [0.29, 0.717) is 39.4 Å². The number of hydrogen-bond donors (Lipinski definition) is 1. The van der Waals surface area contributed by atoms with E-state index >= 15 is 0 Å². The molecular formula is C23H22ClF2N3O. The molecular weight excluding hydrogens is 408 g/mol. The van der Waals surface area contributed by atoms with Gasteiger partial charge in [0.25, 0.3) is 5.91 Å². The number of hydrogen-bond acceptors (Lipinski definition) is 2. The zero-order valence-electron chi connectivity index (χ0n) is 16.5. The summed E-state index contributed by atoms with van der Waals surface area (Å²) in [5.41, 5.74) is 1.73. The van der Waals surface area contributed by atoms with E-state index in [2.05, 4.69) is 17.2 Å². The van der Waals surface area contributed by atoms with E-state index in [0.717, 1.165) is 25.3 Å². The number of nitrogens with zero attached hydrogens (tertiary/aromatic N) is 2. The monoisotopic (exact) mass is 429 g/mol. The van der Waals surface area contributed by atoms with Crippen molar-refractivity contribution in [2.24, 2.45) is 17.8 Å². The second kappa shape index (κ2) is 7.34. The lowest BCUT2D eigenvalue weighted by Gasteiger charge is -2.22. The van der Waals surface area contributed by atoms with Crippen LogP contribution >= 0.6 is 11.6 Å². The number of benzene rings is 2. The van der Waals surface area contributed by atoms with E-state index in [-0.39, 0.29) is 18.0 Å². The highest BCUT2D eigenvalue weighted by atomic mass is 35.5. The summed E-state index contributed by atoms with van der Waals surface area (Å²) in [5.74, 6) is -0.253. The average molecular weight is 430 g/mol. The molecule has 2 saturated carbocycles. The molecule has 5 rings (SSSR count). The van der Waals surface area contributed by atoms with Gasteiger partial charge in [-0.15, -0.1) is 0 Å². The van der Waals surface area contributed by atoms with Crippen LogP contribution < -0.4 is 5.32 Å². The van der Waals surface area contributed by atoms with Gasteiger partial charge >= 0.3 is 0 Å². The van der Waals surface area contributed by atoms with Gasteiger partial charge in [0.05, 0.1) is 17.4 Å². The Balaban J connectivity index is 1.26. The summed E-state index contributed by atoms with van der Waals surface area (Å²) in [6.07, 6.45) is 4.49. The summed E-state index contributed by atoms with van der Waals surface area (Å²) in [7, 11) is 0. The molecule has 0 aliphatic heterocycles. The van der Waals surface area contributed by atoms with Crippen molar-refractivity contribution < 1.29 is 13.6 Å². The fourth-order valence-corrected chi connectivity index (χ4v) is 5.45. The molecule has 4 nitrogen and oxygen atoms in total. The summed E-state index contributed by atoms with van der Waals surface area (Å²) < 4.78 is 29.2. The molecule has 0 bridgehead atoms. The lowest BCUT2D eigenvalue weighted by Crippen LogP contribution is -2.37. The SMILES string of the molecule is CCC(NC(=O)c1ccc(Cl)cc1)C1[C@H]2CC(n3cnc4cc(F)c(F)cc43)C[C@@H]12. The van der Waals surface area contributed by atoms with Crippen molar-refractivity contribution in [3.8, 4) is 0 Å². The zero-order valence-corrected chi connectivity index (χ0v) is 17.2. The van der Waals surface area contributed by atoms with Gasteiger partial charge in [-0.05, 0) is 61.3 Å². The molecule has 1 aromatic heterocycles. The second-order valence-corrected chi connectivity index (χ2v) is 8.87. The molecule has 0 spiro atoms. The first-order chi connectivity index (χ1) is 14.5. The van der Waals surface area contributed by atoms with Crippen LogP contribution in [0.2, 0.25) is 5.02 Å². The normalized spacial score (nSPS) is 25.9. The molecule has 0 saturated heterocycles. The van der Waals surface area contributed by atoms with Crippen molar-refractivity contribution in [3.05, 3.63) is 64.9 Å². The van der Waals surface area contributed by atoms with Crippen LogP contribution in [0.25, 0.3) is 11.0 Å². The highest BCUT2D eigenvalue weighted by molar-refractivity contribution is 6.30. The van der Waals surface area contributed by atoms with Crippen LogP contribution in [-0.4, -0.2) is 21.5 Å². The maximum Gasteiger partial charge on any atom is 0.251 e. The largest absolute Gasteiger partial charge is 0.349 e. The maximum atomic E-state index is 13.7. The van der Waals surface area contributed by atoms with Gasteiger partial charge in [-0.25, -0.2) is 13.8 Å². The smallest absolute Gasteiger partial charge is 0.251 e. The minimum absolute atomic E-state index is 0.0712. The summed E-state index contributed by atoms with van der Waals surface area (Å²) in [6, 6.07) is 9.67. The molecule has 1 amide bonds. The van der Waals surface area contributed by atoms with Gasteiger partial charge in [0.15, 0.2) is 11.6 Å². The molecule has 2 aromatic carbocycles. The predicted molar refractivity (Wildman–Crippen MR) is 111 cm³/mol. The molecule has 2 aliphatic rings. The Labute approximate surface area is 178 Å². The van der Waals surface area contributed by atoms with Gasteiger partial charge in [-0.3, -0.25) is 4.79 Å². The molecule has 3 unspecified atom stereocenters. The number of amides is 1. The molecule has 1 N–H and O–H groups in total. The number of carbonyl (C=O) groups is 1. The molecule has 2 aliphatic carbocycles. The Hall–Kier alpha value is -2.47. The van der Waals surface area contributed by atoms with Crippen molar-refractivity contribution in [2.75, 3.05) is 0 Å². The number of halogens is 3. The van der Waals surface area contributed by atoms with Gasteiger partial charge in [0, 0.05) is 34.8 Å². The standard InChI is InChI=1S/C23H22ClF2N3O/c1-2-19(28-23(30)12-3-5-13(24)6-4-12)22-15-7-14(8-16(15)22)29-11-27-20-9-17(25)18(26)10-21(20)29/h3-6,9-11,14-16,19,22H,2,7-8H2,1H3,(H,28,30)/t14?,15-,16+,19?,22?. The van der Waals surface area contributed by atoms with Crippen molar-refractivity contribution >= 4 is 28.5 Å². The van der Waals surface area contributed by atoms with Crippen molar-refractivity contribution in [1.29, 1.82) is 0 Å². The summed E-state index contributed by atoms with van der Waals surface area (Å²) in [4.78, 5) is 16.8. The third kappa shape index (κ3) is 3.27. The van der Waals surface area contributed by atoms with Crippen LogP contribution in [0.3, 0.4) is 0 Å². The van der Waals surface area contributed by atoms with E-state index in [4.69, 9.17) is 11.6 Å². The Morgan fingerprint density at radius 3 is 2.53 bits per heavy atom. The van der Waals surface area contributed by atoms with Crippen molar-refractivity contribution in [2.45, 2.75) is 38.3 Å². The molecule has 0 radical (unpaired) electrons. The van der Waals surface area contributed by atoms with Crippen LogP contribution in [0, 0.1) is 29.4 Å². The third-order valence-corrected chi connectivity index (χ3v) is 7.08. The fourth-order valence-electron chi connectivity index (χ4n) is 5.32. The summed E-state index contributed by atoms with van der Waals surface area (Å²) in [5, 5.41) is 3.80. The van der Waals surface area contributed by atoms with Crippen molar-refractivity contribution in [3.63, 3.8) is 0 Å². The van der Waals surface area contributed by atoms with Crippen LogP contribution in [-0.2, 0) is 0 Å². The lowest BCUT2D eigenvalue weighted by atomic mass is 9.98. The highest BCUT2D eigenvalue weighted by Gasteiger charge is 2.59. The molecule has 1 heterocycles. The van der Waals surface area contributed by atoms with E-state index in [1.165, 1.54) is 6.07 Å². The molecule has 30 heavy (non-hydrogen) atoms. The average Bonchev–Trinajstić information content (AvgIpc) is 3.04. The highest BCUT2D eigenvalue weighted by Crippen LogP contribution is 2.62. The molecule has 156 valence electrons. The van der Waals surface area contributed by atoms with Gasteiger partial charge in [-0.1, -0.05) is 18.5 Å². The number of rotatable bonds is 5. The van der Waals surface area contributed by atoms with Crippen LogP contribution in [0.5, 0.6) is 0 Å². The van der Waals surface area contributed by atoms with Gasteiger partial charge in [0.1, 0.15) is 0 Å². The number of carbonyl (C=O) groups excluding carboxylic acids is 1. The van der Waals surface area contributed by atoms with E-state index in [1.54, 1.807) is 30.6 Å². The molecule has 3 aromatic rings. The zero-order chi connectivity index (χ0) is 21.0.